The molecule has 17 heavy (non-hydrogen) atoms. The number of amides is 1. The van der Waals surface area contributed by atoms with Gasteiger partial charge < -0.3 is 10.6 Å². The molecule has 2 aliphatic heterocycles. The van der Waals surface area contributed by atoms with Crippen LogP contribution in [0.3, 0.4) is 0 Å². The molecule has 1 amide bonds. The Morgan fingerprint density at radius 2 is 2.41 bits per heavy atom. The molecule has 1 aromatic rings. The van der Waals surface area contributed by atoms with Crippen LogP contribution in [0.1, 0.15) is 5.56 Å². The summed E-state index contributed by atoms with van der Waals surface area (Å²) in [7, 11) is 0. The number of nitrogens with one attached hydrogen (secondary N) is 2. The van der Waals surface area contributed by atoms with Gasteiger partial charge >= 0.3 is 0 Å². The van der Waals surface area contributed by atoms with E-state index in [-0.39, 0.29) is 11.9 Å². The fourth-order valence-corrected chi connectivity index (χ4v) is 2.71. The Morgan fingerprint density at radius 1 is 1.53 bits per heavy atom. The predicted octanol–water partition coefficient (Wildman–Crippen LogP) is 0.570. The van der Waals surface area contributed by atoms with E-state index in [1.807, 2.05) is 6.07 Å². The molecule has 0 aromatic carbocycles. The zero-order valence-electron chi connectivity index (χ0n) is 9.24. The number of fused-ring (bicyclic) bond motifs is 2. The lowest BCUT2D eigenvalue weighted by Gasteiger charge is -2.32. The molecule has 3 heterocycles. The normalized spacial score (nSPS) is 24.5. The van der Waals surface area contributed by atoms with E-state index in [9.17, 15) is 4.79 Å². The first kappa shape index (κ1) is 11.1. The average molecular weight is 297 g/mol. The molecule has 2 N–H and O–H groups in total. The summed E-state index contributed by atoms with van der Waals surface area (Å²) in [4.78, 5) is 18.5. The second-order valence-corrected chi connectivity index (χ2v) is 5.26. The lowest BCUT2D eigenvalue weighted by molar-refractivity contribution is -0.121. The fourth-order valence-electron chi connectivity index (χ4n) is 2.33. The van der Waals surface area contributed by atoms with Gasteiger partial charge in [-0.25, -0.2) is 4.98 Å². The van der Waals surface area contributed by atoms with Crippen molar-refractivity contribution in [2.24, 2.45) is 0 Å². The van der Waals surface area contributed by atoms with Crippen LogP contribution >= 0.6 is 15.9 Å². The van der Waals surface area contributed by atoms with Crippen LogP contribution in [0.15, 0.2) is 16.7 Å². The standard InChI is InChI=1S/C11H13BrN4O/c12-8-3-7-6-16-2-1-13-5-9(16)11(17)15-10(7)14-4-8/h3-4,9,13H,1-2,5-6H2,(H,14,15,17). The molecule has 1 aromatic heterocycles. The van der Waals surface area contributed by atoms with Gasteiger partial charge in [0, 0.05) is 42.4 Å². The highest BCUT2D eigenvalue weighted by molar-refractivity contribution is 9.10. The minimum atomic E-state index is -0.0864. The number of pyridine rings is 1. The maximum atomic E-state index is 12.1. The van der Waals surface area contributed by atoms with Crippen molar-refractivity contribution in [1.82, 2.24) is 15.2 Å². The Labute approximate surface area is 108 Å². The molecule has 1 saturated heterocycles. The maximum absolute atomic E-state index is 12.1. The third kappa shape index (κ3) is 2.08. The van der Waals surface area contributed by atoms with Gasteiger partial charge in [0.1, 0.15) is 11.9 Å². The van der Waals surface area contributed by atoms with Gasteiger partial charge in [0.2, 0.25) is 5.91 Å². The van der Waals surface area contributed by atoms with Crippen molar-refractivity contribution >= 4 is 27.7 Å². The predicted molar refractivity (Wildman–Crippen MR) is 67.6 cm³/mol. The first-order valence-corrected chi connectivity index (χ1v) is 6.43. The van der Waals surface area contributed by atoms with E-state index in [1.165, 1.54) is 0 Å². The number of nitrogens with zero attached hydrogens (tertiary/aromatic N) is 2. The van der Waals surface area contributed by atoms with Crippen LogP contribution in [-0.2, 0) is 11.3 Å². The molecule has 0 spiro atoms. The summed E-state index contributed by atoms with van der Waals surface area (Å²) >= 11 is 3.41. The Balaban J connectivity index is 1.98. The Hall–Kier alpha value is -0.980. The third-order valence-electron chi connectivity index (χ3n) is 3.21. The number of halogens is 1. The molecule has 1 unspecified atom stereocenters. The van der Waals surface area contributed by atoms with Crippen LogP contribution in [0.25, 0.3) is 0 Å². The first-order chi connectivity index (χ1) is 8.24. The van der Waals surface area contributed by atoms with Crippen molar-refractivity contribution in [3.63, 3.8) is 0 Å². The first-order valence-electron chi connectivity index (χ1n) is 5.64. The number of anilines is 1. The molecule has 2 aliphatic rings. The van der Waals surface area contributed by atoms with E-state index < -0.39 is 0 Å². The van der Waals surface area contributed by atoms with Crippen LogP contribution in [0, 0.1) is 0 Å². The number of hydrogen-bond donors (Lipinski definition) is 2. The summed E-state index contributed by atoms with van der Waals surface area (Å²) in [5, 5.41) is 6.14. The highest BCUT2D eigenvalue weighted by Crippen LogP contribution is 2.24. The maximum Gasteiger partial charge on any atom is 0.244 e. The monoisotopic (exact) mass is 296 g/mol. The van der Waals surface area contributed by atoms with Crippen LogP contribution in [0.4, 0.5) is 5.82 Å². The molecule has 1 atom stereocenters. The van der Waals surface area contributed by atoms with Gasteiger partial charge in [-0.1, -0.05) is 0 Å². The topological polar surface area (TPSA) is 57.3 Å². The fraction of sp³-hybridized carbons (Fsp3) is 0.455. The largest absolute Gasteiger partial charge is 0.313 e. The van der Waals surface area contributed by atoms with Crippen molar-refractivity contribution in [3.05, 3.63) is 22.3 Å². The van der Waals surface area contributed by atoms with Gasteiger partial charge in [-0.2, -0.15) is 0 Å². The molecule has 1 fully saturated rings. The summed E-state index contributed by atoms with van der Waals surface area (Å²) in [5.74, 6) is 0.721. The van der Waals surface area contributed by atoms with E-state index in [0.717, 1.165) is 29.7 Å². The van der Waals surface area contributed by atoms with Crippen molar-refractivity contribution in [2.75, 3.05) is 25.0 Å². The SMILES string of the molecule is O=C1Nc2ncc(Br)cc2CN2CCNCC12. The van der Waals surface area contributed by atoms with Crippen molar-refractivity contribution in [1.29, 1.82) is 0 Å². The number of piperazine rings is 1. The highest BCUT2D eigenvalue weighted by Gasteiger charge is 2.32. The number of rotatable bonds is 0. The van der Waals surface area contributed by atoms with Crippen molar-refractivity contribution in [2.45, 2.75) is 12.6 Å². The minimum Gasteiger partial charge on any atom is -0.313 e. The molecule has 90 valence electrons. The van der Waals surface area contributed by atoms with Gasteiger partial charge in [0.25, 0.3) is 0 Å². The summed E-state index contributed by atoms with van der Waals surface area (Å²) in [6, 6.07) is 1.93. The summed E-state index contributed by atoms with van der Waals surface area (Å²) < 4.78 is 0.944. The molecule has 5 nitrogen and oxygen atoms in total. The zero-order chi connectivity index (χ0) is 11.8. The lowest BCUT2D eigenvalue weighted by atomic mass is 10.1. The molecular formula is C11H13BrN4O. The molecule has 6 heteroatoms. The summed E-state index contributed by atoms with van der Waals surface area (Å²) in [6.07, 6.45) is 1.71. The van der Waals surface area contributed by atoms with Gasteiger partial charge in [-0.05, 0) is 22.0 Å². The average Bonchev–Trinajstić information content (AvgIpc) is 2.46. The van der Waals surface area contributed by atoms with E-state index in [4.69, 9.17) is 0 Å². The van der Waals surface area contributed by atoms with Crippen LogP contribution in [0.2, 0.25) is 0 Å². The smallest absolute Gasteiger partial charge is 0.244 e. The quantitative estimate of drug-likeness (QED) is 0.735. The Bertz CT molecular complexity index is 465. The van der Waals surface area contributed by atoms with E-state index in [1.54, 1.807) is 6.20 Å². The van der Waals surface area contributed by atoms with Gasteiger partial charge in [0.15, 0.2) is 0 Å². The molecule has 0 radical (unpaired) electrons. The van der Waals surface area contributed by atoms with Crippen LogP contribution < -0.4 is 10.6 Å². The Kier molecular flexibility index (Phi) is 2.85. The third-order valence-corrected chi connectivity index (χ3v) is 3.64. The summed E-state index contributed by atoms with van der Waals surface area (Å²) in [5.41, 5.74) is 1.07. The molecule has 0 saturated carbocycles. The van der Waals surface area contributed by atoms with Crippen molar-refractivity contribution < 1.29 is 4.79 Å². The van der Waals surface area contributed by atoms with Gasteiger partial charge in [0.05, 0.1) is 0 Å². The van der Waals surface area contributed by atoms with E-state index in [0.29, 0.717) is 12.4 Å². The second kappa shape index (κ2) is 4.36. The van der Waals surface area contributed by atoms with E-state index >= 15 is 0 Å². The molecular weight excluding hydrogens is 284 g/mol. The molecule has 0 bridgehead atoms. The van der Waals surface area contributed by atoms with E-state index in [2.05, 4.69) is 36.4 Å². The molecule has 0 aliphatic carbocycles. The summed E-state index contributed by atoms with van der Waals surface area (Å²) in [6.45, 7) is 3.30. The molecule has 3 rings (SSSR count). The highest BCUT2D eigenvalue weighted by atomic mass is 79.9. The van der Waals surface area contributed by atoms with Crippen LogP contribution in [0.5, 0.6) is 0 Å². The van der Waals surface area contributed by atoms with Crippen molar-refractivity contribution in [3.8, 4) is 0 Å². The number of aromatic nitrogens is 1. The Morgan fingerprint density at radius 3 is 3.29 bits per heavy atom. The minimum absolute atomic E-state index is 0.0331. The number of hydrogen-bond acceptors (Lipinski definition) is 4. The van der Waals surface area contributed by atoms with Gasteiger partial charge in [-0.15, -0.1) is 0 Å². The number of carbonyl (C=O) groups excluding carboxylic acids is 1. The van der Waals surface area contributed by atoms with Gasteiger partial charge in [-0.3, -0.25) is 9.69 Å². The zero-order valence-corrected chi connectivity index (χ0v) is 10.8. The van der Waals surface area contributed by atoms with Crippen LogP contribution in [-0.4, -0.2) is 41.5 Å². The second-order valence-electron chi connectivity index (χ2n) is 4.34. The lowest BCUT2D eigenvalue weighted by Crippen LogP contribution is -2.54. The number of carbonyl (C=O) groups is 1.